The minimum atomic E-state index is -0.109. The number of rotatable bonds is 8. The number of hydrogen-bond donors (Lipinski definition) is 1. The van der Waals surface area contributed by atoms with E-state index in [-0.39, 0.29) is 23.6 Å². The first-order chi connectivity index (χ1) is 12.9. The van der Waals surface area contributed by atoms with E-state index in [9.17, 15) is 9.59 Å². The second-order valence-electron chi connectivity index (χ2n) is 6.20. The van der Waals surface area contributed by atoms with Crippen molar-refractivity contribution in [3.8, 4) is 0 Å². The first-order valence-corrected chi connectivity index (χ1v) is 10.3. The lowest BCUT2D eigenvalue weighted by molar-refractivity contribution is -0.133. The van der Waals surface area contributed by atoms with Crippen LogP contribution in [-0.2, 0) is 14.3 Å². The van der Waals surface area contributed by atoms with Gasteiger partial charge in [0, 0.05) is 51.8 Å². The number of halogens is 1. The van der Waals surface area contributed by atoms with Crippen LogP contribution in [0, 0.1) is 0 Å². The number of carbonyl (C=O) groups is 2. The van der Waals surface area contributed by atoms with Crippen molar-refractivity contribution in [1.29, 1.82) is 0 Å². The zero-order valence-electron chi connectivity index (χ0n) is 15.9. The molecule has 1 saturated heterocycles. The summed E-state index contributed by atoms with van der Waals surface area (Å²) in [6.45, 7) is 6.86. The predicted molar refractivity (Wildman–Crippen MR) is 106 cm³/mol. The van der Waals surface area contributed by atoms with E-state index in [1.807, 2.05) is 18.7 Å². The van der Waals surface area contributed by atoms with Gasteiger partial charge in [-0.25, -0.2) is 9.97 Å². The molecule has 0 unspecified atom stereocenters. The quantitative estimate of drug-likeness (QED) is 0.297. The van der Waals surface area contributed by atoms with Crippen LogP contribution in [0.3, 0.4) is 0 Å². The predicted octanol–water partition coefficient (Wildman–Crippen LogP) is 1.43. The number of nitrogens with one attached hydrogen (secondary N) is 1. The van der Waals surface area contributed by atoms with Gasteiger partial charge < -0.3 is 19.9 Å². The Bertz CT molecular complexity index is 663. The summed E-state index contributed by atoms with van der Waals surface area (Å²) in [4.78, 5) is 36.5. The topological polar surface area (TPSA) is 87.7 Å². The van der Waals surface area contributed by atoms with Crippen molar-refractivity contribution in [3.63, 3.8) is 0 Å². The molecule has 1 atom stereocenters. The number of carbonyl (C=O) groups excluding carboxylic acids is 2. The summed E-state index contributed by atoms with van der Waals surface area (Å²) in [6, 6.07) is 1.82. The fourth-order valence-electron chi connectivity index (χ4n) is 2.82. The number of amides is 2. The molecule has 0 bridgehead atoms. The number of anilines is 1. The van der Waals surface area contributed by atoms with Gasteiger partial charge in [-0.15, -0.1) is 0 Å². The minimum Gasteiger partial charge on any atom is -0.383 e. The highest BCUT2D eigenvalue weighted by Gasteiger charge is 2.27. The van der Waals surface area contributed by atoms with Crippen molar-refractivity contribution in [2.45, 2.75) is 31.5 Å². The van der Waals surface area contributed by atoms with Crippen molar-refractivity contribution in [3.05, 3.63) is 11.2 Å². The molecular weight excluding hydrogens is 390 g/mol. The van der Waals surface area contributed by atoms with Crippen LogP contribution in [0.5, 0.6) is 0 Å². The van der Waals surface area contributed by atoms with Gasteiger partial charge in [0.15, 0.2) is 5.16 Å². The summed E-state index contributed by atoms with van der Waals surface area (Å²) < 4.78 is 4.90. The first kappa shape index (κ1) is 21.7. The van der Waals surface area contributed by atoms with E-state index in [1.165, 1.54) is 11.8 Å². The van der Waals surface area contributed by atoms with Crippen LogP contribution in [0.2, 0.25) is 5.15 Å². The Labute approximate surface area is 169 Å². The largest absolute Gasteiger partial charge is 0.383 e. The number of piperazine rings is 1. The van der Waals surface area contributed by atoms with Crippen molar-refractivity contribution in [2.75, 3.05) is 50.5 Å². The van der Waals surface area contributed by atoms with Crippen molar-refractivity contribution in [2.24, 2.45) is 0 Å². The molecule has 0 radical (unpaired) electrons. The molecule has 0 aliphatic carbocycles. The SMILES string of the molecule is CCC(=O)N1CCN(c2cc(Cl)nc(SCC(=O)NCCOC)n2)C[C@@H]1C. The second-order valence-corrected chi connectivity index (χ2v) is 7.53. The Balaban J connectivity index is 1.97. The average Bonchev–Trinajstić information content (AvgIpc) is 2.65. The maximum absolute atomic E-state index is 12.0. The molecule has 2 heterocycles. The molecule has 1 N–H and O–H groups in total. The maximum Gasteiger partial charge on any atom is 0.230 e. The van der Waals surface area contributed by atoms with Gasteiger partial charge in [-0.1, -0.05) is 30.3 Å². The molecule has 1 fully saturated rings. The van der Waals surface area contributed by atoms with Crippen LogP contribution in [0.1, 0.15) is 20.3 Å². The molecular formula is C17H26ClN5O3S. The molecule has 1 aromatic heterocycles. The molecule has 2 amide bonds. The summed E-state index contributed by atoms with van der Waals surface area (Å²) in [6.07, 6.45) is 0.511. The van der Waals surface area contributed by atoms with Gasteiger partial charge in [-0.2, -0.15) is 0 Å². The van der Waals surface area contributed by atoms with E-state index in [4.69, 9.17) is 16.3 Å². The van der Waals surface area contributed by atoms with E-state index in [0.717, 1.165) is 0 Å². The Kier molecular flexibility index (Phi) is 8.59. The Morgan fingerprint density at radius 1 is 1.41 bits per heavy atom. The molecule has 0 saturated carbocycles. The standard InChI is InChI=1S/C17H26ClN5O3S/c1-4-16(25)23-7-6-22(10-12(23)2)14-9-13(18)20-17(21-14)27-11-15(24)19-5-8-26-3/h9,12H,4-8,10-11H2,1-3H3,(H,19,24)/t12-/m0/s1. The van der Waals surface area contributed by atoms with E-state index >= 15 is 0 Å². The summed E-state index contributed by atoms with van der Waals surface area (Å²) in [5.74, 6) is 0.979. The van der Waals surface area contributed by atoms with E-state index in [1.54, 1.807) is 13.2 Å². The third-order valence-electron chi connectivity index (χ3n) is 4.20. The molecule has 1 aromatic rings. The fourth-order valence-corrected chi connectivity index (χ4v) is 3.74. The van der Waals surface area contributed by atoms with Crippen LogP contribution < -0.4 is 10.2 Å². The van der Waals surface area contributed by atoms with E-state index in [2.05, 4.69) is 20.2 Å². The third kappa shape index (κ3) is 6.51. The van der Waals surface area contributed by atoms with Gasteiger partial charge in [0.2, 0.25) is 11.8 Å². The molecule has 150 valence electrons. The highest BCUT2D eigenvalue weighted by Crippen LogP contribution is 2.24. The van der Waals surface area contributed by atoms with Gasteiger partial charge in [0.05, 0.1) is 12.4 Å². The second kappa shape index (κ2) is 10.7. The average molecular weight is 416 g/mol. The molecule has 2 rings (SSSR count). The Morgan fingerprint density at radius 2 is 2.19 bits per heavy atom. The highest BCUT2D eigenvalue weighted by molar-refractivity contribution is 7.99. The van der Waals surface area contributed by atoms with Crippen LogP contribution >= 0.6 is 23.4 Å². The van der Waals surface area contributed by atoms with Crippen LogP contribution in [0.25, 0.3) is 0 Å². The van der Waals surface area contributed by atoms with Crippen molar-refractivity contribution < 1.29 is 14.3 Å². The number of nitrogens with zero attached hydrogens (tertiary/aromatic N) is 4. The van der Waals surface area contributed by atoms with Crippen LogP contribution in [-0.4, -0.2) is 78.4 Å². The number of aromatic nitrogens is 2. The number of thioether (sulfide) groups is 1. The number of methoxy groups -OCH3 is 1. The van der Waals surface area contributed by atoms with Crippen LogP contribution in [0.15, 0.2) is 11.2 Å². The lowest BCUT2D eigenvalue weighted by Gasteiger charge is -2.40. The normalized spacial score (nSPS) is 17.1. The lowest BCUT2D eigenvalue weighted by atomic mass is 10.1. The molecule has 10 heteroatoms. The van der Waals surface area contributed by atoms with E-state index < -0.39 is 0 Å². The monoisotopic (exact) mass is 415 g/mol. The van der Waals surface area contributed by atoms with E-state index in [0.29, 0.717) is 55.3 Å². The van der Waals surface area contributed by atoms with Gasteiger partial charge in [0.1, 0.15) is 11.0 Å². The molecule has 0 spiro atoms. The van der Waals surface area contributed by atoms with Gasteiger partial charge in [-0.3, -0.25) is 9.59 Å². The smallest absolute Gasteiger partial charge is 0.230 e. The van der Waals surface area contributed by atoms with Crippen LogP contribution in [0.4, 0.5) is 5.82 Å². The number of ether oxygens (including phenoxy) is 1. The zero-order chi connectivity index (χ0) is 19.8. The fraction of sp³-hybridized carbons (Fsp3) is 0.647. The summed E-state index contributed by atoms with van der Waals surface area (Å²) in [5, 5.41) is 3.54. The molecule has 1 aliphatic rings. The molecule has 8 nitrogen and oxygen atoms in total. The minimum absolute atomic E-state index is 0.0996. The lowest BCUT2D eigenvalue weighted by Crippen LogP contribution is -2.54. The molecule has 27 heavy (non-hydrogen) atoms. The van der Waals surface area contributed by atoms with Gasteiger partial charge in [0.25, 0.3) is 0 Å². The van der Waals surface area contributed by atoms with Gasteiger partial charge >= 0.3 is 0 Å². The third-order valence-corrected chi connectivity index (χ3v) is 5.24. The summed E-state index contributed by atoms with van der Waals surface area (Å²) >= 11 is 7.39. The Morgan fingerprint density at radius 3 is 2.85 bits per heavy atom. The Hall–Kier alpha value is -1.58. The highest BCUT2D eigenvalue weighted by atomic mass is 35.5. The maximum atomic E-state index is 12.0. The summed E-state index contributed by atoms with van der Waals surface area (Å²) in [5.41, 5.74) is 0. The van der Waals surface area contributed by atoms with Crippen molar-refractivity contribution in [1.82, 2.24) is 20.2 Å². The molecule has 1 aliphatic heterocycles. The zero-order valence-corrected chi connectivity index (χ0v) is 17.5. The summed E-state index contributed by atoms with van der Waals surface area (Å²) in [7, 11) is 1.58. The van der Waals surface area contributed by atoms with Gasteiger partial charge in [-0.05, 0) is 6.92 Å². The molecule has 0 aromatic carbocycles. The number of hydrogen-bond acceptors (Lipinski definition) is 7. The first-order valence-electron chi connectivity index (χ1n) is 8.92. The van der Waals surface area contributed by atoms with Crippen molar-refractivity contribution >= 4 is 41.0 Å².